The molecule has 2 aromatic rings. The largest absolute Gasteiger partial charge is 0.472 e. The first-order chi connectivity index (χ1) is 8.25. The molecule has 2 rings (SSSR count). The molecule has 1 heterocycles. The van der Waals surface area contributed by atoms with Crippen LogP contribution in [0.2, 0.25) is 0 Å². The van der Waals surface area contributed by atoms with Crippen LogP contribution >= 0.6 is 0 Å². The van der Waals surface area contributed by atoms with E-state index < -0.39 is 6.61 Å². The van der Waals surface area contributed by atoms with Crippen LogP contribution in [0.3, 0.4) is 0 Å². The van der Waals surface area contributed by atoms with Crippen molar-refractivity contribution in [3.05, 3.63) is 48.4 Å². The molecule has 1 N–H and O–H groups in total. The average Bonchev–Trinajstić information content (AvgIpc) is 2.80. The minimum atomic E-state index is -2.83. The number of rotatable bonds is 5. The summed E-state index contributed by atoms with van der Waals surface area (Å²) in [4.78, 5) is 0. The van der Waals surface area contributed by atoms with Crippen molar-refractivity contribution in [1.29, 1.82) is 0 Å². The van der Waals surface area contributed by atoms with Crippen LogP contribution in [0, 0.1) is 0 Å². The van der Waals surface area contributed by atoms with Crippen molar-refractivity contribution in [2.45, 2.75) is 13.2 Å². The van der Waals surface area contributed by atoms with Gasteiger partial charge in [-0.15, -0.1) is 0 Å². The Morgan fingerprint density at radius 3 is 2.76 bits per heavy atom. The second kappa shape index (κ2) is 5.34. The maximum atomic E-state index is 12.1. The second-order valence-electron chi connectivity index (χ2n) is 3.36. The Bertz CT molecular complexity index is 457. The summed E-state index contributed by atoms with van der Waals surface area (Å²) in [6.45, 7) is -2.34. The molecule has 0 saturated carbocycles. The highest BCUT2D eigenvalue weighted by molar-refractivity contribution is 5.56. The molecule has 0 radical (unpaired) electrons. The molecule has 5 heteroatoms. The third-order valence-electron chi connectivity index (χ3n) is 2.17. The fourth-order valence-corrected chi connectivity index (χ4v) is 1.40. The molecule has 0 aliphatic carbocycles. The SMILES string of the molecule is FC(F)Oc1ccccc1NCc1ccoc1. The Balaban J connectivity index is 2.04. The molecule has 0 saturated heterocycles. The zero-order valence-electron chi connectivity index (χ0n) is 8.90. The number of benzene rings is 1. The highest BCUT2D eigenvalue weighted by Crippen LogP contribution is 2.25. The highest BCUT2D eigenvalue weighted by Gasteiger charge is 2.08. The zero-order valence-corrected chi connectivity index (χ0v) is 8.90. The Morgan fingerprint density at radius 2 is 2.06 bits per heavy atom. The van der Waals surface area contributed by atoms with Crippen LogP contribution in [-0.4, -0.2) is 6.61 Å². The predicted octanol–water partition coefficient (Wildman–Crippen LogP) is 3.49. The molecule has 1 aromatic carbocycles. The van der Waals surface area contributed by atoms with Crippen molar-refractivity contribution in [1.82, 2.24) is 0 Å². The zero-order chi connectivity index (χ0) is 12.1. The standard InChI is InChI=1S/C12H11F2NO2/c13-12(14)17-11-4-2-1-3-10(11)15-7-9-5-6-16-8-9/h1-6,8,12,15H,7H2. The van der Waals surface area contributed by atoms with Crippen LogP contribution in [0.1, 0.15) is 5.56 Å². The van der Waals surface area contributed by atoms with Crippen LogP contribution in [0.15, 0.2) is 47.3 Å². The maximum Gasteiger partial charge on any atom is 0.387 e. The fourth-order valence-electron chi connectivity index (χ4n) is 1.40. The van der Waals surface area contributed by atoms with E-state index in [-0.39, 0.29) is 5.75 Å². The van der Waals surface area contributed by atoms with E-state index in [4.69, 9.17) is 4.42 Å². The van der Waals surface area contributed by atoms with E-state index in [1.807, 2.05) is 0 Å². The molecule has 0 bridgehead atoms. The number of nitrogens with one attached hydrogen (secondary N) is 1. The Hall–Kier alpha value is -2.04. The van der Waals surface area contributed by atoms with E-state index in [2.05, 4.69) is 10.1 Å². The van der Waals surface area contributed by atoms with Gasteiger partial charge < -0.3 is 14.5 Å². The summed E-state index contributed by atoms with van der Waals surface area (Å²) in [7, 11) is 0. The number of para-hydroxylation sites is 2. The van der Waals surface area contributed by atoms with E-state index in [9.17, 15) is 8.78 Å². The molecule has 0 aliphatic rings. The Morgan fingerprint density at radius 1 is 1.24 bits per heavy atom. The van der Waals surface area contributed by atoms with Gasteiger partial charge in [-0.05, 0) is 18.2 Å². The van der Waals surface area contributed by atoms with Crippen molar-refractivity contribution < 1.29 is 17.9 Å². The molecular weight excluding hydrogens is 228 g/mol. The van der Waals surface area contributed by atoms with Crippen molar-refractivity contribution >= 4 is 5.69 Å². The van der Waals surface area contributed by atoms with Crippen LogP contribution in [-0.2, 0) is 6.54 Å². The van der Waals surface area contributed by atoms with Gasteiger partial charge in [-0.1, -0.05) is 12.1 Å². The van der Waals surface area contributed by atoms with Gasteiger partial charge in [-0.2, -0.15) is 8.78 Å². The van der Waals surface area contributed by atoms with Gasteiger partial charge in [0.1, 0.15) is 5.75 Å². The summed E-state index contributed by atoms with van der Waals surface area (Å²) < 4.78 is 33.6. The van der Waals surface area contributed by atoms with Gasteiger partial charge >= 0.3 is 6.61 Å². The molecule has 0 spiro atoms. The normalized spacial score (nSPS) is 10.5. The van der Waals surface area contributed by atoms with Crippen LogP contribution < -0.4 is 10.1 Å². The molecule has 17 heavy (non-hydrogen) atoms. The average molecular weight is 239 g/mol. The van der Waals surface area contributed by atoms with E-state index in [0.29, 0.717) is 12.2 Å². The smallest absolute Gasteiger partial charge is 0.387 e. The van der Waals surface area contributed by atoms with E-state index in [0.717, 1.165) is 5.56 Å². The first-order valence-electron chi connectivity index (χ1n) is 5.04. The number of ether oxygens (including phenoxy) is 1. The predicted molar refractivity (Wildman–Crippen MR) is 59.1 cm³/mol. The van der Waals surface area contributed by atoms with Crippen LogP contribution in [0.4, 0.5) is 14.5 Å². The summed E-state index contributed by atoms with van der Waals surface area (Å²) in [5, 5.41) is 3.00. The topological polar surface area (TPSA) is 34.4 Å². The van der Waals surface area contributed by atoms with E-state index in [1.165, 1.54) is 6.07 Å². The minimum absolute atomic E-state index is 0.131. The van der Waals surface area contributed by atoms with Crippen molar-refractivity contribution in [3.8, 4) is 5.75 Å². The van der Waals surface area contributed by atoms with Gasteiger partial charge in [0.25, 0.3) is 0 Å². The summed E-state index contributed by atoms with van der Waals surface area (Å²) in [6.07, 6.45) is 3.14. The lowest BCUT2D eigenvalue weighted by Crippen LogP contribution is -2.06. The number of anilines is 1. The summed E-state index contributed by atoms with van der Waals surface area (Å²) >= 11 is 0. The second-order valence-corrected chi connectivity index (χ2v) is 3.36. The molecule has 0 fully saturated rings. The van der Waals surface area contributed by atoms with Gasteiger partial charge in [0.2, 0.25) is 0 Å². The van der Waals surface area contributed by atoms with Crippen molar-refractivity contribution in [3.63, 3.8) is 0 Å². The maximum absolute atomic E-state index is 12.1. The van der Waals surface area contributed by atoms with Crippen LogP contribution in [0.5, 0.6) is 5.75 Å². The Kier molecular flexibility index (Phi) is 3.59. The molecule has 0 unspecified atom stereocenters. The van der Waals surface area contributed by atoms with Crippen LogP contribution in [0.25, 0.3) is 0 Å². The fraction of sp³-hybridized carbons (Fsp3) is 0.167. The number of alkyl halides is 2. The molecule has 1 aromatic heterocycles. The van der Waals surface area contributed by atoms with Gasteiger partial charge in [0, 0.05) is 12.1 Å². The van der Waals surface area contributed by atoms with Gasteiger partial charge in [-0.3, -0.25) is 0 Å². The first kappa shape index (κ1) is 11.4. The van der Waals surface area contributed by atoms with Gasteiger partial charge in [0.05, 0.1) is 18.2 Å². The molecular formula is C12H11F2NO2. The number of halogens is 2. The molecule has 90 valence electrons. The third-order valence-corrected chi connectivity index (χ3v) is 2.17. The highest BCUT2D eigenvalue weighted by atomic mass is 19.3. The van der Waals surface area contributed by atoms with Gasteiger partial charge in [0.15, 0.2) is 0 Å². The molecule has 0 aliphatic heterocycles. The lowest BCUT2D eigenvalue weighted by atomic mass is 10.2. The summed E-state index contributed by atoms with van der Waals surface area (Å²) in [5.41, 5.74) is 1.45. The molecule has 0 atom stereocenters. The quantitative estimate of drug-likeness (QED) is 0.867. The van der Waals surface area contributed by atoms with Crippen molar-refractivity contribution in [2.75, 3.05) is 5.32 Å². The van der Waals surface area contributed by atoms with E-state index >= 15 is 0 Å². The first-order valence-corrected chi connectivity index (χ1v) is 5.04. The monoisotopic (exact) mass is 239 g/mol. The summed E-state index contributed by atoms with van der Waals surface area (Å²) in [6, 6.07) is 8.35. The number of hydrogen-bond acceptors (Lipinski definition) is 3. The minimum Gasteiger partial charge on any atom is -0.472 e. The molecule has 3 nitrogen and oxygen atoms in total. The number of furan rings is 1. The molecule has 0 amide bonds. The third kappa shape index (κ3) is 3.21. The Labute approximate surface area is 97.0 Å². The van der Waals surface area contributed by atoms with E-state index in [1.54, 1.807) is 36.8 Å². The van der Waals surface area contributed by atoms with Gasteiger partial charge in [-0.25, -0.2) is 0 Å². The summed E-state index contributed by atoms with van der Waals surface area (Å²) in [5.74, 6) is 0.131. The number of hydrogen-bond donors (Lipinski definition) is 1. The van der Waals surface area contributed by atoms with Crippen molar-refractivity contribution in [2.24, 2.45) is 0 Å². The lowest BCUT2D eigenvalue weighted by molar-refractivity contribution is -0.0493. The lowest BCUT2D eigenvalue weighted by Gasteiger charge is -2.11.